The maximum absolute atomic E-state index is 12.3. The molecule has 0 fully saturated rings. The van der Waals surface area contributed by atoms with Crippen molar-refractivity contribution in [1.29, 1.82) is 5.26 Å². The van der Waals surface area contributed by atoms with Gasteiger partial charge in [0.05, 0.1) is 4.90 Å². The molecule has 0 amide bonds. The van der Waals surface area contributed by atoms with Gasteiger partial charge in [-0.05, 0) is 36.1 Å². The second kappa shape index (κ2) is 5.89. The Bertz CT molecular complexity index is 617. The molecule has 0 heterocycles. The van der Waals surface area contributed by atoms with Crippen molar-refractivity contribution in [2.45, 2.75) is 32.1 Å². The summed E-state index contributed by atoms with van der Waals surface area (Å²) < 4.78 is 25.4. The zero-order valence-corrected chi connectivity index (χ0v) is 13.5. The Hall–Kier alpha value is -1.12. The van der Waals surface area contributed by atoms with Gasteiger partial charge < -0.3 is 0 Å². The first-order valence-corrected chi connectivity index (χ1v) is 8.05. The molecule has 19 heavy (non-hydrogen) atoms. The van der Waals surface area contributed by atoms with E-state index in [-0.39, 0.29) is 15.2 Å². The highest BCUT2D eigenvalue weighted by Crippen LogP contribution is 2.25. The van der Waals surface area contributed by atoms with E-state index < -0.39 is 9.84 Å². The number of hydrogen-bond acceptors (Lipinski definition) is 3. The fraction of sp³-hybridized carbons (Fsp3) is 0.357. The highest BCUT2D eigenvalue weighted by atomic mass is 79.9. The van der Waals surface area contributed by atoms with Crippen LogP contribution in [-0.4, -0.2) is 8.42 Å². The zero-order chi connectivity index (χ0) is 14.7. The molecule has 0 bridgehead atoms. The van der Waals surface area contributed by atoms with Gasteiger partial charge >= 0.3 is 0 Å². The summed E-state index contributed by atoms with van der Waals surface area (Å²) in [5.74, 6) is 0. The Labute approximate surface area is 123 Å². The van der Waals surface area contributed by atoms with E-state index in [0.717, 1.165) is 4.47 Å². The average molecular weight is 342 g/mol. The minimum atomic E-state index is -3.71. The molecule has 0 atom stereocenters. The normalized spacial score (nSPS) is 13.1. The summed E-state index contributed by atoms with van der Waals surface area (Å²) in [5.41, 5.74) is -0.0582. The van der Waals surface area contributed by atoms with Crippen molar-refractivity contribution in [3.63, 3.8) is 0 Å². The standard InChI is InChI=1S/C14H16BrNO2S/c1-14(2,3)9-8-13(10-16)19(17,18)12-6-4-11(15)5-7-12/h4-8H,9H2,1-3H3/b13-8+. The Morgan fingerprint density at radius 1 is 1.32 bits per heavy atom. The molecule has 0 spiro atoms. The summed E-state index contributed by atoms with van der Waals surface area (Å²) in [4.78, 5) is -0.0536. The van der Waals surface area contributed by atoms with Crippen LogP contribution >= 0.6 is 15.9 Å². The van der Waals surface area contributed by atoms with E-state index in [9.17, 15) is 8.42 Å². The van der Waals surface area contributed by atoms with Gasteiger partial charge in [-0.2, -0.15) is 5.26 Å². The minimum absolute atomic E-state index is 0.0582. The molecular formula is C14H16BrNO2S. The molecule has 3 nitrogen and oxygen atoms in total. The predicted octanol–water partition coefficient (Wildman–Crippen LogP) is 4.07. The van der Waals surface area contributed by atoms with Crippen molar-refractivity contribution in [3.8, 4) is 6.07 Å². The molecule has 1 rings (SSSR count). The Morgan fingerprint density at radius 2 is 1.84 bits per heavy atom. The van der Waals surface area contributed by atoms with Crippen LogP contribution in [0.15, 0.2) is 44.6 Å². The van der Waals surface area contributed by atoms with Gasteiger partial charge in [-0.15, -0.1) is 0 Å². The molecule has 0 aromatic heterocycles. The molecule has 1 aromatic rings. The van der Waals surface area contributed by atoms with Crippen molar-refractivity contribution >= 4 is 25.8 Å². The van der Waals surface area contributed by atoms with Crippen molar-refractivity contribution < 1.29 is 8.42 Å². The van der Waals surface area contributed by atoms with E-state index in [1.54, 1.807) is 18.2 Å². The highest BCUT2D eigenvalue weighted by molar-refractivity contribution is 9.10. The van der Waals surface area contributed by atoms with Crippen LogP contribution in [0.2, 0.25) is 0 Å². The monoisotopic (exact) mass is 341 g/mol. The van der Waals surface area contributed by atoms with E-state index in [1.807, 2.05) is 20.8 Å². The number of hydrogen-bond donors (Lipinski definition) is 0. The van der Waals surface area contributed by atoms with Crippen LogP contribution < -0.4 is 0 Å². The number of nitrogens with zero attached hydrogens (tertiary/aromatic N) is 1. The van der Waals surface area contributed by atoms with Crippen LogP contribution in [0.4, 0.5) is 0 Å². The number of halogens is 1. The van der Waals surface area contributed by atoms with Crippen LogP contribution in [0.5, 0.6) is 0 Å². The average Bonchev–Trinajstić information content (AvgIpc) is 2.28. The van der Waals surface area contributed by atoms with Crippen LogP contribution in [-0.2, 0) is 9.84 Å². The molecule has 0 radical (unpaired) electrons. The largest absolute Gasteiger partial charge is 0.218 e. The van der Waals surface area contributed by atoms with Crippen molar-refractivity contribution in [2.24, 2.45) is 5.41 Å². The van der Waals surface area contributed by atoms with Gasteiger partial charge in [0.2, 0.25) is 9.84 Å². The lowest BCUT2D eigenvalue weighted by Gasteiger charge is -2.15. The Kier molecular flexibility index (Phi) is 4.94. The van der Waals surface area contributed by atoms with Crippen LogP contribution in [0.1, 0.15) is 27.2 Å². The van der Waals surface area contributed by atoms with Crippen molar-refractivity contribution in [2.75, 3.05) is 0 Å². The summed E-state index contributed by atoms with van der Waals surface area (Å²) in [7, 11) is -3.71. The molecule has 0 N–H and O–H groups in total. The van der Waals surface area contributed by atoms with Crippen LogP contribution in [0, 0.1) is 16.7 Å². The molecule has 0 saturated carbocycles. The second-order valence-corrected chi connectivity index (χ2v) is 8.24. The second-order valence-electron chi connectivity index (χ2n) is 5.40. The zero-order valence-electron chi connectivity index (χ0n) is 11.1. The Balaban J connectivity index is 3.17. The molecule has 0 unspecified atom stereocenters. The quantitative estimate of drug-likeness (QED) is 0.778. The lowest BCUT2D eigenvalue weighted by atomic mass is 9.92. The van der Waals surface area contributed by atoms with Gasteiger partial charge in [0.1, 0.15) is 11.0 Å². The van der Waals surface area contributed by atoms with E-state index in [4.69, 9.17) is 5.26 Å². The molecular weight excluding hydrogens is 326 g/mol. The molecule has 0 saturated heterocycles. The summed E-state index contributed by atoms with van der Waals surface area (Å²) in [6, 6.07) is 8.05. The van der Waals surface area contributed by atoms with Gasteiger partial charge in [0.25, 0.3) is 0 Å². The summed E-state index contributed by atoms with van der Waals surface area (Å²) in [6.45, 7) is 5.97. The predicted molar refractivity (Wildman–Crippen MR) is 79.1 cm³/mol. The van der Waals surface area contributed by atoms with Gasteiger partial charge in [-0.3, -0.25) is 0 Å². The minimum Gasteiger partial charge on any atom is -0.218 e. The first kappa shape index (κ1) is 15.9. The summed E-state index contributed by atoms with van der Waals surface area (Å²) in [5, 5.41) is 9.07. The number of rotatable bonds is 3. The topological polar surface area (TPSA) is 57.9 Å². The summed E-state index contributed by atoms with van der Waals surface area (Å²) in [6.07, 6.45) is 2.03. The van der Waals surface area contributed by atoms with Gasteiger partial charge in [0.15, 0.2) is 0 Å². The number of allylic oxidation sites excluding steroid dienone is 2. The Morgan fingerprint density at radius 3 is 2.26 bits per heavy atom. The molecule has 0 aliphatic carbocycles. The molecule has 1 aromatic carbocycles. The van der Waals surface area contributed by atoms with Gasteiger partial charge in [-0.1, -0.05) is 42.8 Å². The molecule has 5 heteroatoms. The third kappa shape index (κ3) is 4.48. The highest BCUT2D eigenvalue weighted by Gasteiger charge is 2.21. The molecule has 102 valence electrons. The van der Waals surface area contributed by atoms with E-state index in [2.05, 4.69) is 15.9 Å². The third-order valence-electron chi connectivity index (χ3n) is 2.42. The van der Waals surface area contributed by atoms with Gasteiger partial charge in [-0.25, -0.2) is 8.42 Å². The SMILES string of the molecule is CC(C)(C)C/C=C(\C#N)S(=O)(=O)c1ccc(Br)cc1. The van der Waals surface area contributed by atoms with Gasteiger partial charge in [0, 0.05) is 4.47 Å². The number of benzene rings is 1. The van der Waals surface area contributed by atoms with E-state index >= 15 is 0 Å². The first-order valence-electron chi connectivity index (χ1n) is 5.78. The van der Waals surface area contributed by atoms with Crippen LogP contribution in [0.25, 0.3) is 0 Å². The lowest BCUT2D eigenvalue weighted by Crippen LogP contribution is -2.07. The van der Waals surface area contributed by atoms with E-state index in [1.165, 1.54) is 18.2 Å². The van der Waals surface area contributed by atoms with Crippen molar-refractivity contribution in [3.05, 3.63) is 39.7 Å². The lowest BCUT2D eigenvalue weighted by molar-refractivity contribution is 0.420. The first-order chi connectivity index (χ1) is 8.66. The van der Waals surface area contributed by atoms with Crippen LogP contribution in [0.3, 0.4) is 0 Å². The van der Waals surface area contributed by atoms with E-state index in [0.29, 0.717) is 6.42 Å². The third-order valence-corrected chi connectivity index (χ3v) is 4.68. The summed E-state index contributed by atoms with van der Waals surface area (Å²) >= 11 is 3.25. The fourth-order valence-electron chi connectivity index (χ4n) is 1.36. The number of sulfone groups is 1. The number of nitriles is 1. The maximum Gasteiger partial charge on any atom is 0.216 e. The van der Waals surface area contributed by atoms with Crippen molar-refractivity contribution in [1.82, 2.24) is 0 Å². The molecule has 0 aliphatic rings. The molecule has 0 aliphatic heterocycles. The smallest absolute Gasteiger partial charge is 0.216 e. The maximum atomic E-state index is 12.3. The fourth-order valence-corrected chi connectivity index (χ4v) is 2.79.